The van der Waals surface area contributed by atoms with E-state index in [0.29, 0.717) is 23.7 Å². The van der Waals surface area contributed by atoms with Gasteiger partial charge in [0.2, 0.25) is 0 Å². The Bertz CT molecular complexity index is 1230. The van der Waals surface area contributed by atoms with Crippen LogP contribution in [0.25, 0.3) is 0 Å². The highest BCUT2D eigenvalue weighted by atomic mass is 16.6. The first-order valence-electron chi connectivity index (χ1n) is 14.3. The van der Waals surface area contributed by atoms with E-state index in [1.54, 1.807) is 13.8 Å². The van der Waals surface area contributed by atoms with E-state index in [1.165, 1.54) is 23.6 Å². The molecule has 2 aliphatic heterocycles. The second kappa shape index (κ2) is 12.6. The van der Waals surface area contributed by atoms with Crippen molar-refractivity contribution in [1.29, 1.82) is 0 Å². The summed E-state index contributed by atoms with van der Waals surface area (Å²) < 4.78 is 12.7. The fraction of sp³-hybridized carbons (Fsp3) is 0.613. The molecular formula is C31H45N3O6. The van der Waals surface area contributed by atoms with Gasteiger partial charge in [-0.2, -0.15) is 0 Å². The van der Waals surface area contributed by atoms with Crippen LogP contribution in [0.2, 0.25) is 0 Å². The molecule has 2 fully saturated rings. The molecule has 40 heavy (non-hydrogen) atoms. The van der Waals surface area contributed by atoms with Gasteiger partial charge in [-0.05, 0) is 76.0 Å². The fourth-order valence-electron chi connectivity index (χ4n) is 5.86. The minimum Gasteiger partial charge on any atom is -0.371 e. The number of nitrogens with one attached hydrogen (secondary N) is 1. The van der Waals surface area contributed by atoms with Crippen LogP contribution in [0.3, 0.4) is 0 Å². The number of benzene rings is 2. The lowest BCUT2D eigenvalue weighted by molar-refractivity contribution is -0.392. The summed E-state index contributed by atoms with van der Waals surface area (Å²) in [5.74, 6) is 0.566. The molecule has 0 unspecified atom stereocenters. The molecule has 3 atom stereocenters. The van der Waals surface area contributed by atoms with Crippen molar-refractivity contribution in [1.82, 2.24) is 0 Å². The molecule has 0 aromatic heterocycles. The summed E-state index contributed by atoms with van der Waals surface area (Å²) in [5, 5.41) is 25.4. The zero-order chi connectivity index (χ0) is 29.8. The van der Waals surface area contributed by atoms with E-state index >= 15 is 0 Å². The molecule has 2 bridgehead atoms. The van der Waals surface area contributed by atoms with E-state index in [2.05, 4.69) is 57.3 Å². The Kier molecular flexibility index (Phi) is 9.95. The number of nitro groups is 2. The topological polar surface area (TPSA) is 117 Å². The molecular weight excluding hydrogens is 510 g/mol. The lowest BCUT2D eigenvalue weighted by atomic mass is 9.75. The minimum absolute atomic E-state index is 0.0109. The van der Waals surface area contributed by atoms with Crippen molar-refractivity contribution in [3.63, 3.8) is 0 Å². The van der Waals surface area contributed by atoms with E-state index in [9.17, 15) is 20.2 Å². The zero-order valence-corrected chi connectivity index (χ0v) is 25.2. The van der Waals surface area contributed by atoms with Gasteiger partial charge in [-0.15, -0.1) is 0 Å². The number of ether oxygens (including phenoxy) is 2. The van der Waals surface area contributed by atoms with Crippen LogP contribution < -0.4 is 5.32 Å². The molecule has 2 aromatic carbocycles. The van der Waals surface area contributed by atoms with Crippen molar-refractivity contribution in [3.05, 3.63) is 72.8 Å². The summed E-state index contributed by atoms with van der Waals surface area (Å²) in [6, 6.07) is 9.81. The van der Waals surface area contributed by atoms with Crippen LogP contribution in [0.15, 0.2) is 30.3 Å². The van der Waals surface area contributed by atoms with Crippen LogP contribution in [-0.2, 0) is 16.1 Å². The number of rotatable bonds is 10. The highest BCUT2D eigenvalue weighted by molar-refractivity contribution is 5.78. The molecule has 9 nitrogen and oxygen atoms in total. The standard InChI is InChI=1S/C18H26O2.C13H19N3O4/c1-13(2)18-10-9-17(4,20-18)16(11-18)19-12-15-8-6-5-7-14(15)3;1-5-10(6-2)14-12-11(15(17)18)7-8(3)9(4)13(12)16(19)20/h5-8,13,16H,9-12H2,1-4H3;7,10,14H,5-6H2,1-4H3/t16-,17+,18-;/m0./s1. The third kappa shape index (κ3) is 6.47. The Balaban J connectivity index is 0.000000220. The van der Waals surface area contributed by atoms with Crippen molar-refractivity contribution in [2.24, 2.45) is 5.92 Å². The fourth-order valence-corrected chi connectivity index (χ4v) is 5.86. The summed E-state index contributed by atoms with van der Waals surface area (Å²) in [6.07, 6.45) is 5.07. The highest BCUT2D eigenvalue weighted by Gasteiger charge is 2.60. The SMILES string of the molecule is CCC(CC)Nc1c([N+](=O)[O-])cc(C)c(C)c1[N+](=O)[O-].Cc1ccccc1CO[C@H]1C[C@]2(C(C)C)CC[C@@]1(C)O2. The predicted octanol–water partition coefficient (Wildman–Crippen LogP) is 7.97. The molecule has 2 saturated heterocycles. The normalized spacial score (nSPS) is 23.3. The van der Waals surface area contributed by atoms with Crippen LogP contribution in [0, 0.1) is 46.9 Å². The first kappa shape index (κ1) is 31.5. The monoisotopic (exact) mass is 555 g/mol. The summed E-state index contributed by atoms with van der Waals surface area (Å²) in [7, 11) is 0. The Morgan fingerprint density at radius 3 is 2.23 bits per heavy atom. The molecule has 4 rings (SSSR count). The molecule has 0 saturated carbocycles. The van der Waals surface area contributed by atoms with E-state index in [4.69, 9.17) is 9.47 Å². The van der Waals surface area contributed by atoms with Crippen LogP contribution in [0.5, 0.6) is 0 Å². The maximum Gasteiger partial charge on any atom is 0.302 e. The first-order chi connectivity index (χ1) is 18.8. The average molecular weight is 556 g/mol. The first-order valence-corrected chi connectivity index (χ1v) is 14.3. The van der Waals surface area contributed by atoms with Crippen LogP contribution in [0.1, 0.15) is 89.0 Å². The van der Waals surface area contributed by atoms with Gasteiger partial charge in [-0.1, -0.05) is 52.0 Å². The maximum atomic E-state index is 11.3. The molecule has 0 radical (unpaired) electrons. The number of aryl methyl sites for hydroxylation is 2. The number of fused-ring (bicyclic) bond motifs is 2. The summed E-state index contributed by atoms with van der Waals surface area (Å²) in [6.45, 7) is 16.7. The van der Waals surface area contributed by atoms with Gasteiger partial charge < -0.3 is 14.8 Å². The van der Waals surface area contributed by atoms with E-state index in [1.807, 2.05) is 13.8 Å². The van der Waals surface area contributed by atoms with Gasteiger partial charge in [0.15, 0.2) is 5.69 Å². The van der Waals surface area contributed by atoms with Gasteiger partial charge >= 0.3 is 5.69 Å². The third-order valence-corrected chi connectivity index (χ3v) is 8.95. The second-order valence-corrected chi connectivity index (χ2v) is 11.8. The lowest BCUT2D eigenvalue weighted by Gasteiger charge is -2.31. The number of hydrogen-bond acceptors (Lipinski definition) is 7. The second-order valence-electron chi connectivity index (χ2n) is 11.8. The van der Waals surface area contributed by atoms with Gasteiger partial charge in [-0.3, -0.25) is 20.2 Å². The zero-order valence-electron chi connectivity index (χ0n) is 25.2. The van der Waals surface area contributed by atoms with Gasteiger partial charge in [0, 0.05) is 24.1 Å². The van der Waals surface area contributed by atoms with Gasteiger partial charge in [0.25, 0.3) is 5.69 Å². The summed E-state index contributed by atoms with van der Waals surface area (Å²) in [5.41, 5.74) is 3.13. The van der Waals surface area contributed by atoms with Crippen molar-refractivity contribution >= 4 is 17.1 Å². The highest BCUT2D eigenvalue weighted by Crippen LogP contribution is 2.55. The molecule has 0 amide bonds. The van der Waals surface area contributed by atoms with E-state index in [0.717, 1.165) is 25.7 Å². The number of nitrogens with zero attached hydrogens (tertiary/aromatic N) is 2. The van der Waals surface area contributed by atoms with E-state index < -0.39 is 9.85 Å². The van der Waals surface area contributed by atoms with Gasteiger partial charge in [-0.25, -0.2) is 0 Å². The predicted molar refractivity (Wildman–Crippen MR) is 158 cm³/mol. The Hall–Kier alpha value is -3.04. The van der Waals surface area contributed by atoms with Crippen LogP contribution in [0.4, 0.5) is 17.1 Å². The molecule has 2 heterocycles. The molecule has 9 heteroatoms. The molecule has 220 valence electrons. The largest absolute Gasteiger partial charge is 0.371 e. The van der Waals surface area contributed by atoms with E-state index in [-0.39, 0.29) is 40.4 Å². The summed E-state index contributed by atoms with van der Waals surface area (Å²) in [4.78, 5) is 21.3. The van der Waals surface area contributed by atoms with Crippen molar-refractivity contribution in [3.8, 4) is 0 Å². The van der Waals surface area contributed by atoms with Crippen LogP contribution in [-0.4, -0.2) is 33.2 Å². The number of hydrogen-bond donors (Lipinski definition) is 1. The van der Waals surface area contributed by atoms with Crippen molar-refractivity contribution in [2.45, 2.75) is 117 Å². The maximum absolute atomic E-state index is 11.3. The summed E-state index contributed by atoms with van der Waals surface area (Å²) >= 11 is 0. The van der Waals surface area contributed by atoms with Gasteiger partial charge in [0.05, 0.1) is 33.8 Å². The number of nitro benzene ring substituents is 2. The Morgan fingerprint density at radius 1 is 1.05 bits per heavy atom. The van der Waals surface area contributed by atoms with Crippen molar-refractivity contribution in [2.75, 3.05) is 5.32 Å². The smallest absolute Gasteiger partial charge is 0.302 e. The minimum atomic E-state index is -0.579. The van der Waals surface area contributed by atoms with Gasteiger partial charge in [0.1, 0.15) is 0 Å². The Labute approximate surface area is 237 Å². The molecule has 1 N–H and O–H groups in total. The molecule has 0 aliphatic carbocycles. The molecule has 2 aromatic rings. The third-order valence-electron chi connectivity index (χ3n) is 8.95. The lowest BCUT2D eigenvalue weighted by Crippen LogP contribution is -2.38. The van der Waals surface area contributed by atoms with Crippen LogP contribution >= 0.6 is 0 Å². The average Bonchev–Trinajstić information content (AvgIpc) is 3.41. The molecule has 2 aliphatic rings. The Morgan fingerprint density at radius 2 is 1.70 bits per heavy atom. The van der Waals surface area contributed by atoms with Crippen molar-refractivity contribution < 1.29 is 19.3 Å². The quantitative estimate of drug-likeness (QED) is 0.233. The number of anilines is 1. The molecule has 0 spiro atoms.